The third-order valence-corrected chi connectivity index (χ3v) is 3.31. The number of benzene rings is 1. The Labute approximate surface area is 99.9 Å². The summed E-state index contributed by atoms with van der Waals surface area (Å²) in [5, 5.41) is 0. The highest BCUT2D eigenvalue weighted by Gasteiger charge is 2.04. The Morgan fingerprint density at radius 1 is 1.25 bits per heavy atom. The number of nitrogens with two attached hydrogens (primary N) is 1. The first-order valence-corrected chi connectivity index (χ1v) is 6.00. The van der Waals surface area contributed by atoms with Crippen LogP contribution in [-0.4, -0.2) is 4.98 Å². The first-order valence-electron chi connectivity index (χ1n) is 5.18. The quantitative estimate of drug-likeness (QED) is 0.881. The molecular weight excluding hydrogens is 216 g/mol. The highest BCUT2D eigenvalue weighted by molar-refractivity contribution is 7.99. The van der Waals surface area contributed by atoms with E-state index in [2.05, 4.69) is 23.2 Å². The third kappa shape index (κ3) is 2.62. The zero-order valence-corrected chi connectivity index (χ0v) is 10.00. The lowest BCUT2D eigenvalue weighted by molar-refractivity contribution is 0.936. The molecule has 2 nitrogen and oxygen atoms in total. The van der Waals surface area contributed by atoms with Crippen LogP contribution < -0.4 is 5.73 Å². The lowest BCUT2D eigenvalue weighted by Crippen LogP contribution is -2.01. The van der Waals surface area contributed by atoms with E-state index in [1.807, 2.05) is 31.3 Å². The van der Waals surface area contributed by atoms with Crippen molar-refractivity contribution in [2.75, 3.05) is 0 Å². The van der Waals surface area contributed by atoms with E-state index in [-0.39, 0.29) is 0 Å². The molecule has 0 radical (unpaired) electrons. The van der Waals surface area contributed by atoms with Crippen molar-refractivity contribution in [3.63, 3.8) is 0 Å². The lowest BCUT2D eigenvalue weighted by Gasteiger charge is -2.07. The maximum Gasteiger partial charge on any atom is 0.0678 e. The summed E-state index contributed by atoms with van der Waals surface area (Å²) in [6.45, 7) is 2.53. The summed E-state index contributed by atoms with van der Waals surface area (Å²) >= 11 is 1.71. The van der Waals surface area contributed by atoms with E-state index in [9.17, 15) is 0 Å². The predicted octanol–water partition coefficient (Wildman–Crippen LogP) is 3.00. The molecule has 0 fully saturated rings. The highest BCUT2D eigenvalue weighted by atomic mass is 32.2. The molecule has 0 saturated heterocycles. The van der Waals surface area contributed by atoms with Crippen molar-refractivity contribution in [1.82, 2.24) is 4.98 Å². The van der Waals surface area contributed by atoms with E-state index in [0.717, 1.165) is 16.2 Å². The van der Waals surface area contributed by atoms with Gasteiger partial charge in [0.05, 0.1) is 5.69 Å². The van der Waals surface area contributed by atoms with Crippen molar-refractivity contribution in [3.8, 4) is 0 Å². The SMILES string of the molecule is Cc1cnc(CN)c(Sc2ccccc2)c1. The van der Waals surface area contributed by atoms with Gasteiger partial charge >= 0.3 is 0 Å². The second-order valence-corrected chi connectivity index (χ2v) is 4.69. The molecule has 0 aliphatic carbocycles. The molecule has 2 N–H and O–H groups in total. The molecule has 82 valence electrons. The fraction of sp³-hybridized carbons (Fsp3) is 0.154. The van der Waals surface area contributed by atoms with Crippen LogP contribution in [0.5, 0.6) is 0 Å². The minimum absolute atomic E-state index is 0.482. The molecule has 0 amide bonds. The number of rotatable bonds is 3. The summed E-state index contributed by atoms with van der Waals surface area (Å²) in [7, 11) is 0. The maximum atomic E-state index is 5.68. The van der Waals surface area contributed by atoms with Crippen LogP contribution >= 0.6 is 11.8 Å². The lowest BCUT2D eigenvalue weighted by atomic mass is 10.3. The maximum absolute atomic E-state index is 5.68. The summed E-state index contributed by atoms with van der Waals surface area (Å²) < 4.78 is 0. The molecule has 16 heavy (non-hydrogen) atoms. The predicted molar refractivity (Wildman–Crippen MR) is 67.4 cm³/mol. The van der Waals surface area contributed by atoms with Crippen molar-refractivity contribution in [1.29, 1.82) is 0 Å². The molecule has 0 unspecified atom stereocenters. The number of hydrogen-bond donors (Lipinski definition) is 1. The summed E-state index contributed by atoms with van der Waals surface area (Å²) in [5.41, 5.74) is 7.80. The summed E-state index contributed by atoms with van der Waals surface area (Å²) in [6, 6.07) is 12.4. The van der Waals surface area contributed by atoms with Crippen LogP contribution in [0.4, 0.5) is 0 Å². The van der Waals surface area contributed by atoms with Gasteiger partial charge in [-0.1, -0.05) is 30.0 Å². The van der Waals surface area contributed by atoms with Gasteiger partial charge in [-0.25, -0.2) is 0 Å². The molecule has 2 rings (SSSR count). The molecule has 1 aromatic carbocycles. The molecule has 0 aliphatic heterocycles. The van der Waals surface area contributed by atoms with Crippen molar-refractivity contribution < 1.29 is 0 Å². The van der Waals surface area contributed by atoms with Gasteiger partial charge in [0, 0.05) is 22.5 Å². The van der Waals surface area contributed by atoms with Crippen molar-refractivity contribution in [2.24, 2.45) is 5.73 Å². The minimum Gasteiger partial charge on any atom is -0.325 e. The largest absolute Gasteiger partial charge is 0.325 e. The third-order valence-electron chi connectivity index (χ3n) is 2.23. The number of aryl methyl sites for hydroxylation is 1. The first-order chi connectivity index (χ1) is 7.79. The number of nitrogens with zero attached hydrogens (tertiary/aromatic N) is 1. The fourth-order valence-electron chi connectivity index (χ4n) is 1.43. The van der Waals surface area contributed by atoms with Crippen LogP contribution in [0.3, 0.4) is 0 Å². The van der Waals surface area contributed by atoms with Gasteiger partial charge in [0.2, 0.25) is 0 Å². The molecule has 0 bridgehead atoms. The summed E-state index contributed by atoms with van der Waals surface area (Å²) in [4.78, 5) is 6.71. The van der Waals surface area contributed by atoms with Crippen LogP contribution in [0, 0.1) is 6.92 Å². The first kappa shape index (κ1) is 11.2. The topological polar surface area (TPSA) is 38.9 Å². The van der Waals surface area contributed by atoms with Crippen LogP contribution in [-0.2, 0) is 6.54 Å². The van der Waals surface area contributed by atoms with Gasteiger partial charge in [-0.05, 0) is 30.7 Å². The smallest absolute Gasteiger partial charge is 0.0678 e. The average Bonchev–Trinajstić information content (AvgIpc) is 2.31. The van der Waals surface area contributed by atoms with Crippen LogP contribution in [0.25, 0.3) is 0 Å². The Bertz CT molecular complexity index is 469. The van der Waals surface area contributed by atoms with Crippen molar-refractivity contribution in [3.05, 3.63) is 53.9 Å². The summed E-state index contributed by atoms with van der Waals surface area (Å²) in [6.07, 6.45) is 1.86. The normalized spacial score (nSPS) is 10.4. The average molecular weight is 230 g/mol. The number of hydrogen-bond acceptors (Lipinski definition) is 3. The minimum atomic E-state index is 0.482. The van der Waals surface area contributed by atoms with E-state index in [0.29, 0.717) is 6.54 Å². The Balaban J connectivity index is 2.30. The van der Waals surface area contributed by atoms with E-state index >= 15 is 0 Å². The molecule has 0 spiro atoms. The number of pyridine rings is 1. The molecule has 1 aromatic heterocycles. The zero-order chi connectivity index (χ0) is 11.4. The van der Waals surface area contributed by atoms with E-state index in [1.165, 1.54) is 4.90 Å². The standard InChI is InChI=1S/C13H14N2S/c1-10-7-13(12(8-14)15-9-10)16-11-5-3-2-4-6-11/h2-7,9H,8,14H2,1H3. The second kappa shape index (κ2) is 5.14. The number of aromatic nitrogens is 1. The Morgan fingerprint density at radius 2 is 2.00 bits per heavy atom. The van der Waals surface area contributed by atoms with Gasteiger partial charge in [-0.2, -0.15) is 0 Å². The van der Waals surface area contributed by atoms with Crippen LogP contribution in [0.1, 0.15) is 11.3 Å². The molecule has 3 heteroatoms. The highest BCUT2D eigenvalue weighted by Crippen LogP contribution is 2.29. The molecule has 2 aromatic rings. The van der Waals surface area contributed by atoms with Gasteiger partial charge in [0.15, 0.2) is 0 Å². The zero-order valence-electron chi connectivity index (χ0n) is 9.18. The van der Waals surface area contributed by atoms with Crippen LogP contribution in [0.15, 0.2) is 52.4 Å². The second-order valence-electron chi connectivity index (χ2n) is 3.58. The molecule has 0 saturated carbocycles. The summed E-state index contributed by atoms with van der Waals surface area (Å²) in [5.74, 6) is 0. The van der Waals surface area contributed by atoms with Gasteiger partial charge in [-0.15, -0.1) is 0 Å². The fourth-order valence-corrected chi connectivity index (χ4v) is 2.47. The van der Waals surface area contributed by atoms with Crippen molar-refractivity contribution in [2.45, 2.75) is 23.3 Å². The van der Waals surface area contributed by atoms with Gasteiger partial charge in [0.25, 0.3) is 0 Å². The van der Waals surface area contributed by atoms with Gasteiger partial charge in [-0.3, -0.25) is 4.98 Å². The van der Waals surface area contributed by atoms with E-state index < -0.39 is 0 Å². The Hall–Kier alpha value is -1.32. The van der Waals surface area contributed by atoms with Crippen LogP contribution in [0.2, 0.25) is 0 Å². The van der Waals surface area contributed by atoms with Gasteiger partial charge < -0.3 is 5.73 Å². The van der Waals surface area contributed by atoms with Crippen molar-refractivity contribution >= 4 is 11.8 Å². The molecule has 1 heterocycles. The molecule has 0 atom stereocenters. The Morgan fingerprint density at radius 3 is 2.69 bits per heavy atom. The molecular formula is C13H14N2S. The van der Waals surface area contributed by atoms with Gasteiger partial charge in [0.1, 0.15) is 0 Å². The van der Waals surface area contributed by atoms with E-state index in [4.69, 9.17) is 5.73 Å². The van der Waals surface area contributed by atoms with E-state index in [1.54, 1.807) is 11.8 Å². The molecule has 0 aliphatic rings. The monoisotopic (exact) mass is 230 g/mol. The Kier molecular flexibility index (Phi) is 3.59.